The van der Waals surface area contributed by atoms with Crippen LogP contribution in [0, 0.1) is 11.3 Å². The van der Waals surface area contributed by atoms with Crippen molar-refractivity contribution >= 4 is 22.4 Å². The van der Waals surface area contributed by atoms with Gasteiger partial charge in [-0.25, -0.2) is 4.98 Å². The number of ether oxygens (including phenoxy) is 1. The van der Waals surface area contributed by atoms with Gasteiger partial charge in [0.1, 0.15) is 17.6 Å². The molecule has 4 bridgehead atoms. The van der Waals surface area contributed by atoms with E-state index < -0.39 is 6.04 Å². The van der Waals surface area contributed by atoms with Crippen molar-refractivity contribution in [2.24, 2.45) is 0 Å². The standard InChI is InChI=1S/C25H21N5O2/c1-16-25(31)29-23-4-2-3-18-7-8-21(10-22(18)23)32-24-9-17(5-6-19(24)11-26)14-30-15-27-12-20(30)13-28-16/h2-10,12,15-16,28H,13-14H2,1H3,(H,29,31)/t16-/m0/s1. The lowest BCUT2D eigenvalue weighted by molar-refractivity contribution is -0.117. The molecule has 5 rings (SSSR count). The van der Waals surface area contributed by atoms with Gasteiger partial charge in [0, 0.05) is 30.4 Å². The number of nitrogens with one attached hydrogen (secondary N) is 2. The van der Waals surface area contributed by atoms with Crippen LogP contribution in [0.15, 0.2) is 67.1 Å². The van der Waals surface area contributed by atoms with E-state index in [4.69, 9.17) is 4.74 Å². The number of fused-ring (bicyclic) bond motifs is 4. The molecule has 7 nitrogen and oxygen atoms in total. The van der Waals surface area contributed by atoms with Crippen molar-refractivity contribution in [3.8, 4) is 17.6 Å². The van der Waals surface area contributed by atoms with Gasteiger partial charge in [0.2, 0.25) is 5.91 Å². The van der Waals surface area contributed by atoms with Gasteiger partial charge in [0.25, 0.3) is 0 Å². The fourth-order valence-electron chi connectivity index (χ4n) is 3.82. The minimum Gasteiger partial charge on any atom is -0.456 e. The Labute approximate surface area is 185 Å². The van der Waals surface area contributed by atoms with Crippen LogP contribution in [0.5, 0.6) is 11.5 Å². The average molecular weight is 423 g/mol. The molecule has 0 saturated heterocycles. The number of imidazole rings is 1. The average Bonchev–Trinajstić information content (AvgIpc) is 3.24. The minimum absolute atomic E-state index is 0.126. The highest BCUT2D eigenvalue weighted by Gasteiger charge is 2.16. The summed E-state index contributed by atoms with van der Waals surface area (Å²) in [7, 11) is 0. The maximum absolute atomic E-state index is 12.8. The summed E-state index contributed by atoms with van der Waals surface area (Å²) in [6, 6.07) is 18.8. The summed E-state index contributed by atoms with van der Waals surface area (Å²) in [5.41, 5.74) is 3.10. The fourth-order valence-corrected chi connectivity index (χ4v) is 3.82. The van der Waals surface area contributed by atoms with Crippen molar-refractivity contribution in [1.82, 2.24) is 14.9 Å². The van der Waals surface area contributed by atoms with Crippen molar-refractivity contribution in [1.29, 1.82) is 5.26 Å². The van der Waals surface area contributed by atoms with E-state index in [1.165, 1.54) is 0 Å². The second kappa shape index (κ2) is 8.17. The highest BCUT2D eigenvalue weighted by Crippen LogP contribution is 2.32. The molecule has 0 unspecified atom stereocenters. The SMILES string of the molecule is C[C@@H]1NCc2cncn2Cc2ccc(C#N)c(c2)Oc2ccc3cccc(c3c2)NC1=O. The zero-order chi connectivity index (χ0) is 22.1. The van der Waals surface area contributed by atoms with Gasteiger partial charge in [-0.15, -0.1) is 0 Å². The Morgan fingerprint density at radius 3 is 2.97 bits per heavy atom. The van der Waals surface area contributed by atoms with Crippen LogP contribution >= 0.6 is 0 Å². The Bertz CT molecular complexity index is 1370. The summed E-state index contributed by atoms with van der Waals surface area (Å²) >= 11 is 0. The Kier molecular flexibility index (Phi) is 5.06. The molecular formula is C25H21N5O2. The number of nitrogens with zero attached hydrogens (tertiary/aromatic N) is 3. The Morgan fingerprint density at radius 1 is 1.19 bits per heavy atom. The van der Waals surface area contributed by atoms with E-state index >= 15 is 0 Å². The van der Waals surface area contributed by atoms with Gasteiger partial charge in [-0.2, -0.15) is 5.26 Å². The Morgan fingerprint density at radius 2 is 2.09 bits per heavy atom. The van der Waals surface area contributed by atoms with Crippen LogP contribution in [0.1, 0.15) is 23.7 Å². The topological polar surface area (TPSA) is 92.0 Å². The van der Waals surface area contributed by atoms with E-state index in [1.807, 2.05) is 60.0 Å². The van der Waals surface area contributed by atoms with Gasteiger partial charge in [-0.3, -0.25) is 4.79 Å². The van der Waals surface area contributed by atoms with E-state index in [0.717, 1.165) is 22.0 Å². The van der Waals surface area contributed by atoms with Crippen molar-refractivity contribution in [2.45, 2.75) is 26.1 Å². The maximum atomic E-state index is 12.8. The second-order valence-corrected chi connectivity index (χ2v) is 7.84. The summed E-state index contributed by atoms with van der Waals surface area (Å²) in [5, 5.41) is 17.7. The van der Waals surface area contributed by atoms with Crippen molar-refractivity contribution in [2.75, 3.05) is 5.32 Å². The first-order chi connectivity index (χ1) is 15.6. The highest BCUT2D eigenvalue weighted by atomic mass is 16.5. The molecule has 1 aromatic heterocycles. The zero-order valence-electron chi connectivity index (χ0n) is 17.5. The predicted octanol–water partition coefficient (Wildman–Crippen LogP) is 4.18. The van der Waals surface area contributed by atoms with Gasteiger partial charge < -0.3 is 19.9 Å². The first-order valence-corrected chi connectivity index (χ1v) is 10.4. The first kappa shape index (κ1) is 19.8. The van der Waals surface area contributed by atoms with Gasteiger partial charge >= 0.3 is 0 Å². The second-order valence-electron chi connectivity index (χ2n) is 7.84. The van der Waals surface area contributed by atoms with E-state index in [2.05, 4.69) is 21.7 Å². The van der Waals surface area contributed by atoms with Crippen molar-refractivity contribution in [3.63, 3.8) is 0 Å². The molecule has 158 valence electrons. The number of hydrogen-bond donors (Lipinski definition) is 2. The number of carbonyl (C=O) groups is 1. The number of benzene rings is 3. The van der Waals surface area contributed by atoms with Crippen LogP contribution in [0.4, 0.5) is 5.69 Å². The minimum atomic E-state index is -0.401. The quantitative estimate of drug-likeness (QED) is 0.443. The number of amides is 1. The third-order valence-corrected chi connectivity index (χ3v) is 5.64. The summed E-state index contributed by atoms with van der Waals surface area (Å²) in [4.78, 5) is 17.1. The molecule has 3 aromatic carbocycles. The zero-order valence-corrected chi connectivity index (χ0v) is 17.5. The van der Waals surface area contributed by atoms with Crippen LogP contribution < -0.4 is 15.4 Å². The van der Waals surface area contributed by atoms with Crippen LogP contribution in [0.25, 0.3) is 10.8 Å². The van der Waals surface area contributed by atoms with E-state index in [0.29, 0.717) is 35.8 Å². The summed E-state index contributed by atoms with van der Waals surface area (Å²) in [6.07, 6.45) is 3.54. The molecule has 32 heavy (non-hydrogen) atoms. The molecule has 0 spiro atoms. The van der Waals surface area contributed by atoms with Gasteiger partial charge in [-0.1, -0.05) is 24.3 Å². The van der Waals surface area contributed by atoms with E-state index in [-0.39, 0.29) is 5.91 Å². The lowest BCUT2D eigenvalue weighted by atomic mass is 10.1. The van der Waals surface area contributed by atoms with Crippen LogP contribution in [0.3, 0.4) is 0 Å². The van der Waals surface area contributed by atoms with Crippen LogP contribution in [0.2, 0.25) is 0 Å². The van der Waals surface area contributed by atoms with Gasteiger partial charge in [0.15, 0.2) is 0 Å². The Balaban J connectivity index is 1.63. The molecule has 7 heteroatoms. The van der Waals surface area contributed by atoms with Crippen LogP contribution in [-0.4, -0.2) is 21.5 Å². The molecule has 4 aromatic rings. The lowest BCUT2D eigenvalue weighted by Gasteiger charge is -2.17. The predicted molar refractivity (Wildman–Crippen MR) is 121 cm³/mol. The molecule has 2 heterocycles. The summed E-state index contributed by atoms with van der Waals surface area (Å²) < 4.78 is 8.16. The summed E-state index contributed by atoms with van der Waals surface area (Å²) in [6.45, 7) is 2.90. The normalized spacial score (nSPS) is 16.1. The smallest absolute Gasteiger partial charge is 0.241 e. The van der Waals surface area contributed by atoms with Gasteiger partial charge in [-0.05, 0) is 48.2 Å². The molecule has 1 aliphatic rings. The van der Waals surface area contributed by atoms with E-state index in [1.54, 1.807) is 18.6 Å². The molecular weight excluding hydrogens is 402 g/mol. The third kappa shape index (κ3) is 3.80. The number of hydrogen-bond acceptors (Lipinski definition) is 5. The monoisotopic (exact) mass is 423 g/mol. The molecule has 0 fully saturated rings. The Hall–Kier alpha value is -4.15. The first-order valence-electron chi connectivity index (χ1n) is 10.4. The lowest BCUT2D eigenvalue weighted by Crippen LogP contribution is -2.38. The summed E-state index contributed by atoms with van der Waals surface area (Å²) in [5.74, 6) is 0.958. The molecule has 2 N–H and O–H groups in total. The number of nitriles is 1. The number of carbonyl (C=O) groups excluding carboxylic acids is 1. The van der Waals surface area contributed by atoms with Crippen molar-refractivity contribution < 1.29 is 9.53 Å². The molecule has 1 atom stereocenters. The van der Waals surface area contributed by atoms with Crippen molar-refractivity contribution in [3.05, 3.63) is 83.9 Å². The molecule has 1 aliphatic heterocycles. The fraction of sp³-hybridized carbons (Fsp3) is 0.160. The number of aromatic nitrogens is 2. The number of rotatable bonds is 0. The third-order valence-electron chi connectivity index (χ3n) is 5.64. The van der Waals surface area contributed by atoms with Gasteiger partial charge in [0.05, 0.1) is 23.6 Å². The molecule has 1 amide bonds. The van der Waals surface area contributed by atoms with Crippen LogP contribution in [-0.2, 0) is 17.9 Å². The largest absolute Gasteiger partial charge is 0.456 e. The number of anilines is 1. The highest BCUT2D eigenvalue weighted by molar-refractivity contribution is 6.04. The van der Waals surface area contributed by atoms with E-state index in [9.17, 15) is 10.1 Å². The molecule has 0 aliphatic carbocycles. The maximum Gasteiger partial charge on any atom is 0.241 e. The molecule has 0 radical (unpaired) electrons. The molecule has 0 saturated carbocycles.